The van der Waals surface area contributed by atoms with Crippen LogP contribution in [-0.2, 0) is 29.1 Å². The smallest absolute Gasteiger partial charge is 0.724 e. The molecule has 0 aromatic carbocycles. The van der Waals surface area contributed by atoms with E-state index >= 15 is 0 Å². The van der Waals surface area contributed by atoms with Gasteiger partial charge in [-0.1, -0.05) is 12.1 Å². The van der Waals surface area contributed by atoms with Crippen LogP contribution in [0.1, 0.15) is 0 Å². The van der Waals surface area contributed by atoms with Crippen LogP contribution in [-0.4, -0.2) is 22.1 Å². The van der Waals surface area contributed by atoms with Crippen LogP contribution in [0.2, 0.25) is 0 Å². The molecule has 0 radical (unpaired) electrons. The first-order chi connectivity index (χ1) is 8.79. The third-order valence-electron chi connectivity index (χ3n) is 1.59. The van der Waals surface area contributed by atoms with Gasteiger partial charge in [-0.05, 0) is 36.4 Å². The van der Waals surface area contributed by atoms with Gasteiger partial charge in [0.1, 0.15) is 0 Å². The molecule has 7 heteroatoms. The van der Waals surface area contributed by atoms with Gasteiger partial charge in [0.2, 0.25) is 0 Å². The summed E-state index contributed by atoms with van der Waals surface area (Å²) >= 11 is 0. The van der Waals surface area contributed by atoms with Crippen LogP contribution in [0.4, 0.5) is 0 Å². The zero-order valence-corrected chi connectivity index (χ0v) is 11.3. The molecule has 2 aromatic rings. The third-order valence-corrected chi connectivity index (χ3v) is 1.59. The quantitative estimate of drug-likeness (QED) is 0.449. The van der Waals surface area contributed by atoms with Crippen molar-refractivity contribution in [2.45, 2.75) is 0 Å². The van der Waals surface area contributed by atoms with E-state index in [9.17, 15) is 0 Å². The Morgan fingerprint density at radius 2 is 1.11 bits per heavy atom. The molecular formula is C12H8N4O2Ru. The second kappa shape index (κ2) is 13.7. The topological polar surface area (TPSA) is 105 Å². The van der Waals surface area contributed by atoms with Crippen molar-refractivity contribution in [3.63, 3.8) is 0 Å². The standard InChI is InChI=1S/C10H8N2.2CNO.Ru/c1-3-7-11-9(5-1)10-6-2-4-8-12-10;2*2-1-3;/h1-8H;;;/q;2*-1;+2. The Bertz CT molecular complexity index is 458. The summed E-state index contributed by atoms with van der Waals surface area (Å²) < 4.78 is 0. The molecule has 0 unspecified atom stereocenters. The second-order valence-corrected chi connectivity index (χ2v) is 2.61. The summed E-state index contributed by atoms with van der Waals surface area (Å²) in [6, 6.07) is 11.6. The third kappa shape index (κ3) is 9.39. The van der Waals surface area contributed by atoms with E-state index in [1.165, 1.54) is 0 Å². The molecule has 6 nitrogen and oxygen atoms in total. The van der Waals surface area contributed by atoms with Crippen molar-refractivity contribution in [1.29, 1.82) is 0 Å². The monoisotopic (exact) mass is 342 g/mol. The van der Waals surface area contributed by atoms with Gasteiger partial charge in [-0.2, -0.15) is 0 Å². The van der Waals surface area contributed by atoms with Gasteiger partial charge in [0, 0.05) is 12.4 Å². The van der Waals surface area contributed by atoms with E-state index in [1.807, 2.05) is 36.4 Å². The molecule has 0 aliphatic heterocycles. The second-order valence-electron chi connectivity index (χ2n) is 2.61. The molecule has 2 heterocycles. The Balaban J connectivity index is 0. The number of pyridine rings is 2. The molecule has 19 heavy (non-hydrogen) atoms. The average Bonchev–Trinajstić information content (AvgIpc) is 2.43. The summed E-state index contributed by atoms with van der Waals surface area (Å²) in [6.07, 6.45) is 4.54. The Morgan fingerprint density at radius 1 is 0.789 bits per heavy atom. The van der Waals surface area contributed by atoms with Gasteiger partial charge in [-0.15, -0.1) is 0 Å². The van der Waals surface area contributed by atoms with E-state index in [1.54, 1.807) is 12.4 Å². The van der Waals surface area contributed by atoms with E-state index in [0.717, 1.165) is 11.4 Å². The van der Waals surface area contributed by atoms with Crippen LogP contribution in [0.3, 0.4) is 0 Å². The minimum Gasteiger partial charge on any atom is -0.724 e. The minimum atomic E-state index is 0. The van der Waals surface area contributed by atoms with Gasteiger partial charge in [-0.25, -0.2) is 0 Å². The molecule has 0 saturated heterocycles. The van der Waals surface area contributed by atoms with Crippen LogP contribution >= 0.6 is 0 Å². The van der Waals surface area contributed by atoms with Crippen LogP contribution in [0.15, 0.2) is 48.8 Å². The summed E-state index contributed by atoms with van der Waals surface area (Å²) in [6.45, 7) is 0. The number of rotatable bonds is 1. The maximum absolute atomic E-state index is 8.24. The number of aromatic nitrogens is 2. The average molecular weight is 341 g/mol. The normalized spacial score (nSPS) is 6.95. The van der Waals surface area contributed by atoms with Gasteiger partial charge in [0.15, 0.2) is 0 Å². The Labute approximate surface area is 122 Å². The summed E-state index contributed by atoms with van der Waals surface area (Å²) in [4.78, 5) is 24.8. The largest absolute Gasteiger partial charge is 2.00 e. The molecule has 0 saturated carbocycles. The van der Waals surface area contributed by atoms with Gasteiger partial charge in [-0.3, -0.25) is 19.6 Å². The predicted molar refractivity (Wildman–Crippen MR) is 65.6 cm³/mol. The Morgan fingerprint density at radius 3 is 1.32 bits per heavy atom. The van der Waals surface area contributed by atoms with Crippen molar-refractivity contribution in [2.24, 2.45) is 0 Å². The van der Waals surface area contributed by atoms with Gasteiger partial charge < -0.3 is 10.8 Å². The van der Waals surface area contributed by atoms with Crippen LogP contribution in [0.5, 0.6) is 0 Å². The molecule has 0 aliphatic carbocycles. The Kier molecular flexibility index (Phi) is 13.8. The van der Waals surface area contributed by atoms with Crippen molar-refractivity contribution in [3.8, 4) is 11.4 Å². The number of hydrogen-bond acceptors (Lipinski definition) is 4. The molecule has 0 N–H and O–H groups in total. The van der Waals surface area contributed by atoms with E-state index < -0.39 is 0 Å². The zero-order chi connectivity index (χ0) is 13.6. The van der Waals surface area contributed by atoms with E-state index in [2.05, 4.69) is 9.97 Å². The minimum absolute atomic E-state index is 0. The fraction of sp³-hybridized carbons (Fsp3) is 0. The maximum Gasteiger partial charge on any atom is 2.00 e. The molecule has 2 aromatic heterocycles. The van der Waals surface area contributed by atoms with Gasteiger partial charge in [0.05, 0.1) is 11.4 Å². The van der Waals surface area contributed by atoms with E-state index in [0.29, 0.717) is 12.2 Å². The maximum atomic E-state index is 8.24. The molecule has 0 aliphatic rings. The molecule has 0 atom stereocenters. The first-order valence-electron chi connectivity index (χ1n) is 4.65. The molecule has 96 valence electrons. The Hall–Kier alpha value is -2.32. The fourth-order valence-corrected chi connectivity index (χ4v) is 1.03. The number of isocyanates is 2. The SMILES string of the molecule is [N-]=C=O.[N-]=C=O.[Ru+2].c1ccc(-c2ccccn2)nc1. The number of hydrogen-bond donors (Lipinski definition) is 0. The van der Waals surface area contributed by atoms with E-state index in [4.69, 9.17) is 20.4 Å². The molecule has 0 fully saturated rings. The summed E-state index contributed by atoms with van der Waals surface area (Å²) in [5.74, 6) is 0. The van der Waals surface area contributed by atoms with Crippen molar-refractivity contribution >= 4 is 12.2 Å². The summed E-state index contributed by atoms with van der Waals surface area (Å²) in [5, 5.41) is 13.5. The molecular weight excluding hydrogens is 333 g/mol. The molecule has 0 amide bonds. The van der Waals surface area contributed by atoms with Crippen molar-refractivity contribution in [3.05, 3.63) is 59.6 Å². The van der Waals surface area contributed by atoms with Crippen LogP contribution in [0.25, 0.3) is 22.2 Å². The van der Waals surface area contributed by atoms with Crippen molar-refractivity contribution < 1.29 is 29.1 Å². The van der Waals surface area contributed by atoms with Crippen molar-refractivity contribution in [2.75, 3.05) is 0 Å². The number of carbonyl (C=O) groups excluding carboxylic acids is 2. The number of nitrogens with zero attached hydrogens (tertiary/aromatic N) is 4. The fourth-order valence-electron chi connectivity index (χ4n) is 1.03. The van der Waals surface area contributed by atoms with E-state index in [-0.39, 0.29) is 19.5 Å². The molecule has 0 bridgehead atoms. The summed E-state index contributed by atoms with van der Waals surface area (Å²) in [5.41, 5.74) is 1.83. The van der Waals surface area contributed by atoms with Crippen molar-refractivity contribution in [1.82, 2.24) is 9.97 Å². The predicted octanol–water partition coefficient (Wildman–Crippen LogP) is 1.92. The van der Waals surface area contributed by atoms with Gasteiger partial charge in [0.25, 0.3) is 0 Å². The van der Waals surface area contributed by atoms with Gasteiger partial charge >= 0.3 is 19.5 Å². The molecule has 0 spiro atoms. The molecule has 2 rings (SSSR count). The first-order valence-corrected chi connectivity index (χ1v) is 4.65. The van der Waals surface area contributed by atoms with Crippen LogP contribution < -0.4 is 0 Å². The zero-order valence-electron chi connectivity index (χ0n) is 9.58. The van der Waals surface area contributed by atoms with Crippen LogP contribution in [0, 0.1) is 0 Å². The first kappa shape index (κ1) is 19.0. The summed E-state index contributed by atoms with van der Waals surface area (Å²) in [7, 11) is 0.